The topological polar surface area (TPSA) is 69.8 Å². The minimum absolute atomic E-state index is 0.0506. The number of hydrogen-bond acceptors (Lipinski definition) is 4. The lowest BCUT2D eigenvalue weighted by Crippen LogP contribution is -2.24. The van der Waals surface area contributed by atoms with Gasteiger partial charge in [0.1, 0.15) is 11.6 Å². The molecule has 0 aromatic carbocycles. The van der Waals surface area contributed by atoms with Gasteiger partial charge in [0.05, 0.1) is 0 Å². The van der Waals surface area contributed by atoms with E-state index in [1.165, 1.54) is 0 Å². The number of aromatic nitrogens is 2. The van der Waals surface area contributed by atoms with Crippen LogP contribution in [0.5, 0.6) is 0 Å². The standard InChI is InChI=1S/C11H16N4O/c16-10-5-9(13-8-3-4-12-6-8)14-11(15-10)7-1-2-7/h5,7-8,12H,1-4,6H2,(H2,13,14,15,16). The maximum Gasteiger partial charge on any atom is 0.252 e. The molecule has 1 saturated heterocycles. The van der Waals surface area contributed by atoms with Gasteiger partial charge in [-0.05, 0) is 25.8 Å². The molecule has 1 aromatic rings. The van der Waals surface area contributed by atoms with Crippen LogP contribution in [0.1, 0.15) is 31.0 Å². The molecule has 1 aliphatic carbocycles. The minimum Gasteiger partial charge on any atom is -0.366 e. The van der Waals surface area contributed by atoms with Crippen molar-refractivity contribution in [2.75, 3.05) is 18.4 Å². The number of rotatable bonds is 3. The Hall–Kier alpha value is -1.36. The first-order valence-corrected chi connectivity index (χ1v) is 5.90. The summed E-state index contributed by atoms with van der Waals surface area (Å²) in [7, 11) is 0. The summed E-state index contributed by atoms with van der Waals surface area (Å²) >= 11 is 0. The Morgan fingerprint density at radius 1 is 1.38 bits per heavy atom. The molecule has 2 aliphatic rings. The molecular formula is C11H16N4O. The second kappa shape index (κ2) is 3.90. The third-order valence-electron chi connectivity index (χ3n) is 3.14. The summed E-state index contributed by atoms with van der Waals surface area (Å²) < 4.78 is 0. The van der Waals surface area contributed by atoms with Crippen LogP contribution in [0.15, 0.2) is 10.9 Å². The van der Waals surface area contributed by atoms with Gasteiger partial charge in [0.2, 0.25) is 0 Å². The highest BCUT2D eigenvalue weighted by molar-refractivity contribution is 5.35. The predicted octanol–water partition coefficient (Wildman–Crippen LogP) is 0.421. The molecule has 1 saturated carbocycles. The maximum atomic E-state index is 11.5. The zero-order chi connectivity index (χ0) is 11.0. The van der Waals surface area contributed by atoms with Crippen LogP contribution >= 0.6 is 0 Å². The number of H-pyrrole nitrogens is 1. The van der Waals surface area contributed by atoms with E-state index in [2.05, 4.69) is 20.6 Å². The van der Waals surface area contributed by atoms with Crippen LogP contribution in [0.2, 0.25) is 0 Å². The molecule has 16 heavy (non-hydrogen) atoms. The molecule has 2 heterocycles. The van der Waals surface area contributed by atoms with Crippen LogP contribution in [0.4, 0.5) is 5.82 Å². The summed E-state index contributed by atoms with van der Waals surface area (Å²) in [5.74, 6) is 2.05. The molecule has 0 spiro atoms. The first-order valence-electron chi connectivity index (χ1n) is 5.90. The molecule has 1 aromatic heterocycles. The van der Waals surface area contributed by atoms with Crippen LogP contribution in [0.25, 0.3) is 0 Å². The Morgan fingerprint density at radius 3 is 2.94 bits per heavy atom. The molecule has 1 unspecified atom stereocenters. The largest absolute Gasteiger partial charge is 0.366 e. The van der Waals surface area contributed by atoms with Crippen molar-refractivity contribution >= 4 is 5.82 Å². The van der Waals surface area contributed by atoms with Gasteiger partial charge in [-0.15, -0.1) is 0 Å². The zero-order valence-corrected chi connectivity index (χ0v) is 9.12. The van der Waals surface area contributed by atoms with E-state index in [0.29, 0.717) is 12.0 Å². The van der Waals surface area contributed by atoms with E-state index in [0.717, 1.165) is 44.0 Å². The lowest BCUT2D eigenvalue weighted by molar-refractivity contribution is 0.780. The monoisotopic (exact) mass is 220 g/mol. The lowest BCUT2D eigenvalue weighted by Gasteiger charge is -2.12. The highest BCUT2D eigenvalue weighted by atomic mass is 16.1. The second-order valence-corrected chi connectivity index (χ2v) is 4.62. The quantitative estimate of drug-likeness (QED) is 0.690. The maximum absolute atomic E-state index is 11.5. The first kappa shape index (κ1) is 9.84. The van der Waals surface area contributed by atoms with Gasteiger partial charge in [-0.2, -0.15) is 0 Å². The van der Waals surface area contributed by atoms with Crippen LogP contribution in [0.3, 0.4) is 0 Å². The van der Waals surface area contributed by atoms with Crippen molar-refractivity contribution < 1.29 is 0 Å². The van der Waals surface area contributed by atoms with Gasteiger partial charge in [0.25, 0.3) is 5.56 Å². The molecule has 2 fully saturated rings. The number of aromatic amines is 1. The molecule has 3 N–H and O–H groups in total. The third kappa shape index (κ3) is 2.09. The second-order valence-electron chi connectivity index (χ2n) is 4.62. The average molecular weight is 220 g/mol. The fourth-order valence-electron chi connectivity index (χ4n) is 2.09. The third-order valence-corrected chi connectivity index (χ3v) is 3.14. The van der Waals surface area contributed by atoms with Crippen molar-refractivity contribution in [1.29, 1.82) is 0 Å². The number of hydrogen-bond donors (Lipinski definition) is 3. The Bertz CT molecular complexity index is 432. The molecule has 0 bridgehead atoms. The van der Waals surface area contributed by atoms with E-state index in [9.17, 15) is 4.79 Å². The lowest BCUT2D eigenvalue weighted by atomic mass is 10.2. The molecule has 1 aliphatic heterocycles. The molecule has 86 valence electrons. The van der Waals surface area contributed by atoms with Gasteiger partial charge in [-0.25, -0.2) is 4.98 Å². The summed E-state index contributed by atoms with van der Waals surface area (Å²) in [5.41, 5.74) is -0.0506. The SMILES string of the molecule is O=c1cc(NC2CCNC2)nc(C2CC2)[nH]1. The number of anilines is 1. The summed E-state index contributed by atoms with van der Waals surface area (Å²) in [6.07, 6.45) is 3.39. The Morgan fingerprint density at radius 2 is 2.25 bits per heavy atom. The minimum atomic E-state index is -0.0506. The number of nitrogens with zero attached hydrogens (tertiary/aromatic N) is 1. The summed E-state index contributed by atoms with van der Waals surface area (Å²) in [5, 5.41) is 6.59. The summed E-state index contributed by atoms with van der Waals surface area (Å²) in [6, 6.07) is 1.95. The number of nitrogens with one attached hydrogen (secondary N) is 3. The Kier molecular flexibility index (Phi) is 2.40. The highest BCUT2D eigenvalue weighted by Crippen LogP contribution is 2.37. The molecule has 3 rings (SSSR count). The van der Waals surface area contributed by atoms with Gasteiger partial charge in [0.15, 0.2) is 0 Å². The van der Waals surface area contributed by atoms with Crippen molar-refractivity contribution in [3.63, 3.8) is 0 Å². The van der Waals surface area contributed by atoms with Gasteiger partial charge in [-0.3, -0.25) is 4.79 Å². The molecule has 0 radical (unpaired) electrons. The van der Waals surface area contributed by atoms with Crippen molar-refractivity contribution in [2.45, 2.75) is 31.2 Å². The van der Waals surface area contributed by atoms with Crippen molar-refractivity contribution in [3.05, 3.63) is 22.2 Å². The Balaban J connectivity index is 1.79. The fourth-order valence-corrected chi connectivity index (χ4v) is 2.09. The van der Waals surface area contributed by atoms with E-state index in [-0.39, 0.29) is 5.56 Å². The van der Waals surface area contributed by atoms with Crippen LogP contribution < -0.4 is 16.2 Å². The predicted molar refractivity (Wildman–Crippen MR) is 61.7 cm³/mol. The van der Waals surface area contributed by atoms with E-state index < -0.39 is 0 Å². The van der Waals surface area contributed by atoms with E-state index in [1.807, 2.05) is 0 Å². The van der Waals surface area contributed by atoms with Gasteiger partial charge < -0.3 is 15.6 Å². The molecule has 5 nitrogen and oxygen atoms in total. The molecular weight excluding hydrogens is 204 g/mol. The zero-order valence-electron chi connectivity index (χ0n) is 9.12. The van der Waals surface area contributed by atoms with Gasteiger partial charge >= 0.3 is 0 Å². The molecule has 1 atom stereocenters. The van der Waals surface area contributed by atoms with Crippen molar-refractivity contribution in [3.8, 4) is 0 Å². The Labute approximate surface area is 93.7 Å². The van der Waals surface area contributed by atoms with Crippen LogP contribution in [-0.2, 0) is 0 Å². The smallest absolute Gasteiger partial charge is 0.252 e. The first-order chi connectivity index (χ1) is 7.81. The average Bonchev–Trinajstić information content (AvgIpc) is 2.98. The van der Waals surface area contributed by atoms with Gasteiger partial charge in [-0.1, -0.05) is 0 Å². The fraction of sp³-hybridized carbons (Fsp3) is 0.636. The summed E-state index contributed by atoms with van der Waals surface area (Å²) in [6.45, 7) is 1.99. The van der Waals surface area contributed by atoms with Crippen molar-refractivity contribution in [1.82, 2.24) is 15.3 Å². The highest BCUT2D eigenvalue weighted by Gasteiger charge is 2.26. The van der Waals surface area contributed by atoms with Crippen LogP contribution in [0, 0.1) is 0 Å². The van der Waals surface area contributed by atoms with Crippen LogP contribution in [-0.4, -0.2) is 29.1 Å². The molecule has 0 amide bonds. The summed E-state index contributed by atoms with van der Waals surface area (Å²) in [4.78, 5) is 18.7. The van der Waals surface area contributed by atoms with Crippen molar-refractivity contribution in [2.24, 2.45) is 0 Å². The van der Waals surface area contributed by atoms with E-state index >= 15 is 0 Å². The van der Waals surface area contributed by atoms with E-state index in [4.69, 9.17) is 0 Å². The molecule has 5 heteroatoms. The van der Waals surface area contributed by atoms with Gasteiger partial charge in [0, 0.05) is 24.6 Å². The normalized spacial score (nSPS) is 24.6. The van der Waals surface area contributed by atoms with E-state index in [1.54, 1.807) is 6.07 Å².